The van der Waals surface area contributed by atoms with E-state index in [0.29, 0.717) is 12.1 Å². The number of hydrogen-bond donors (Lipinski definition) is 0. The first-order valence-corrected chi connectivity index (χ1v) is 9.07. The maximum atomic E-state index is 13.6. The van der Waals surface area contributed by atoms with E-state index in [2.05, 4.69) is 31.9 Å². The number of alkyl halides is 6. The summed E-state index contributed by atoms with van der Waals surface area (Å²) >= 11 is 5.88. The molecule has 0 saturated heterocycles. The zero-order valence-corrected chi connectivity index (χ0v) is 17.3. The van der Waals surface area contributed by atoms with Crippen molar-refractivity contribution < 1.29 is 35.9 Å². The number of benzene rings is 2. The van der Waals surface area contributed by atoms with Gasteiger partial charge in [-0.3, -0.25) is 9.59 Å². The number of carbonyl (C=O) groups excluding carboxylic acids is 2. The normalized spacial score (nSPS) is 12.2. The van der Waals surface area contributed by atoms with Gasteiger partial charge in [0.05, 0.1) is 11.1 Å². The van der Waals surface area contributed by atoms with Gasteiger partial charge in [0.25, 0.3) is 0 Å². The molecule has 0 N–H and O–H groups in total. The number of hydrogen-bond acceptors (Lipinski definition) is 2. The average Bonchev–Trinajstić information content (AvgIpc) is 2.51. The Labute approximate surface area is 172 Å². The Balaban J connectivity index is 2.98. The van der Waals surface area contributed by atoms with Gasteiger partial charge in [0.2, 0.25) is 0 Å². The summed E-state index contributed by atoms with van der Waals surface area (Å²) in [5, 5.41) is 0. The molecule has 0 aliphatic rings. The summed E-state index contributed by atoms with van der Waals surface area (Å²) in [5.74, 6) is -1.37. The van der Waals surface area contributed by atoms with Crippen molar-refractivity contribution >= 4 is 43.4 Å². The van der Waals surface area contributed by atoms with Crippen molar-refractivity contribution in [3.05, 3.63) is 55.5 Å². The molecule has 0 fully saturated rings. The molecule has 2 aromatic rings. The van der Waals surface area contributed by atoms with Gasteiger partial charge in [0, 0.05) is 20.1 Å². The van der Waals surface area contributed by atoms with Gasteiger partial charge in [-0.05, 0) is 49.2 Å². The number of ketones is 2. The molecule has 0 aliphatic carbocycles. The number of rotatable bonds is 3. The lowest BCUT2D eigenvalue weighted by Gasteiger charge is -2.20. The summed E-state index contributed by atoms with van der Waals surface area (Å²) in [7, 11) is 0. The SMILES string of the molecule is CC(=O)c1cc(C(F)(F)F)c(-c2cc(Br)c(C(C)=O)cc2C(F)(F)F)cc1Br. The molecule has 0 bridgehead atoms. The molecule has 28 heavy (non-hydrogen) atoms. The third kappa shape index (κ3) is 4.48. The largest absolute Gasteiger partial charge is 0.417 e. The van der Waals surface area contributed by atoms with Gasteiger partial charge < -0.3 is 0 Å². The lowest BCUT2D eigenvalue weighted by molar-refractivity contribution is -0.139. The van der Waals surface area contributed by atoms with Crippen LogP contribution in [0, 0.1) is 0 Å². The predicted molar refractivity (Wildman–Crippen MR) is 97.3 cm³/mol. The van der Waals surface area contributed by atoms with Crippen LogP contribution in [0.3, 0.4) is 0 Å². The van der Waals surface area contributed by atoms with Crippen molar-refractivity contribution in [1.82, 2.24) is 0 Å². The highest BCUT2D eigenvalue weighted by Gasteiger charge is 2.40. The lowest BCUT2D eigenvalue weighted by atomic mass is 9.91. The van der Waals surface area contributed by atoms with Gasteiger partial charge in [-0.25, -0.2) is 0 Å². The molecule has 0 atom stereocenters. The van der Waals surface area contributed by atoms with E-state index in [-0.39, 0.29) is 20.1 Å². The highest BCUT2D eigenvalue weighted by Crippen LogP contribution is 2.46. The standard InChI is InChI=1S/C18H10Br2F6O2/c1-7(27)9-3-13(17(21,22)23)11(5-15(9)19)12-6-16(20)10(8(2)28)4-14(12)18(24,25)26/h3-6H,1-2H3. The second kappa shape index (κ2) is 7.62. The molecular formula is C18H10Br2F6O2. The van der Waals surface area contributed by atoms with Gasteiger partial charge in [-0.1, -0.05) is 31.9 Å². The molecule has 0 unspecified atom stereocenters. The second-order valence-corrected chi connectivity index (χ2v) is 7.57. The number of carbonyl (C=O) groups is 2. The molecular weight excluding hydrogens is 522 g/mol. The first-order valence-electron chi connectivity index (χ1n) is 7.48. The van der Waals surface area contributed by atoms with Crippen LogP contribution in [-0.4, -0.2) is 11.6 Å². The first kappa shape index (κ1) is 22.6. The molecule has 0 radical (unpaired) electrons. The van der Waals surface area contributed by atoms with Crippen LogP contribution in [0.25, 0.3) is 11.1 Å². The topological polar surface area (TPSA) is 34.1 Å². The van der Waals surface area contributed by atoms with E-state index in [1.807, 2.05) is 0 Å². The van der Waals surface area contributed by atoms with E-state index < -0.39 is 46.2 Å². The third-order valence-corrected chi connectivity index (χ3v) is 5.19. The highest BCUT2D eigenvalue weighted by molar-refractivity contribution is 9.10. The minimum atomic E-state index is -5.02. The lowest BCUT2D eigenvalue weighted by Crippen LogP contribution is -2.14. The molecule has 150 valence electrons. The Morgan fingerprint density at radius 1 is 0.679 bits per heavy atom. The smallest absolute Gasteiger partial charge is 0.294 e. The van der Waals surface area contributed by atoms with Crippen LogP contribution < -0.4 is 0 Å². The molecule has 10 heteroatoms. The zero-order chi connectivity index (χ0) is 21.6. The van der Waals surface area contributed by atoms with E-state index in [1.54, 1.807) is 0 Å². The highest BCUT2D eigenvalue weighted by atomic mass is 79.9. The summed E-state index contributed by atoms with van der Waals surface area (Å²) in [5.41, 5.74) is -4.96. The first-order chi connectivity index (χ1) is 12.6. The number of Topliss-reactive ketones (excluding diaryl/α,β-unsaturated/α-hetero) is 2. The third-order valence-electron chi connectivity index (χ3n) is 3.87. The minimum Gasteiger partial charge on any atom is -0.294 e. The molecule has 0 heterocycles. The van der Waals surface area contributed by atoms with Crippen molar-refractivity contribution in [3.8, 4) is 11.1 Å². The fraction of sp³-hybridized carbons (Fsp3) is 0.222. The predicted octanol–water partition coefficient (Wildman–Crippen LogP) is 7.32. The maximum Gasteiger partial charge on any atom is 0.417 e. The van der Waals surface area contributed by atoms with Crippen LogP contribution in [0.2, 0.25) is 0 Å². The van der Waals surface area contributed by atoms with Gasteiger partial charge in [-0.15, -0.1) is 0 Å². The quantitative estimate of drug-likeness (QED) is 0.307. The summed E-state index contributed by atoms with van der Waals surface area (Å²) in [6.45, 7) is 2.08. The Hall–Kier alpha value is -1.68. The molecule has 2 aromatic carbocycles. The molecule has 0 spiro atoms. The zero-order valence-electron chi connectivity index (χ0n) is 14.1. The van der Waals surface area contributed by atoms with Crippen LogP contribution in [0.4, 0.5) is 26.3 Å². The van der Waals surface area contributed by atoms with E-state index in [9.17, 15) is 35.9 Å². The number of halogens is 8. The molecule has 0 amide bonds. The van der Waals surface area contributed by atoms with Crippen LogP contribution in [0.5, 0.6) is 0 Å². The van der Waals surface area contributed by atoms with Crippen molar-refractivity contribution in [1.29, 1.82) is 0 Å². The van der Waals surface area contributed by atoms with Gasteiger partial charge in [-0.2, -0.15) is 26.3 Å². The minimum absolute atomic E-state index is 0.0807. The van der Waals surface area contributed by atoms with Crippen molar-refractivity contribution in [3.63, 3.8) is 0 Å². The van der Waals surface area contributed by atoms with Gasteiger partial charge >= 0.3 is 12.4 Å². The molecule has 2 rings (SSSR count). The van der Waals surface area contributed by atoms with Crippen molar-refractivity contribution in [2.75, 3.05) is 0 Å². The summed E-state index contributed by atoms with van der Waals surface area (Å²) in [6, 6.07) is 2.66. The van der Waals surface area contributed by atoms with Crippen LogP contribution in [-0.2, 0) is 12.4 Å². The van der Waals surface area contributed by atoms with Crippen LogP contribution in [0.15, 0.2) is 33.2 Å². The summed E-state index contributed by atoms with van der Waals surface area (Å²) in [4.78, 5) is 23.1. The molecule has 0 saturated carbocycles. The van der Waals surface area contributed by atoms with Crippen molar-refractivity contribution in [2.45, 2.75) is 26.2 Å². The Morgan fingerprint density at radius 3 is 1.18 bits per heavy atom. The Kier molecular flexibility index (Phi) is 6.16. The fourth-order valence-electron chi connectivity index (χ4n) is 2.60. The van der Waals surface area contributed by atoms with Crippen molar-refractivity contribution in [2.24, 2.45) is 0 Å². The molecule has 2 nitrogen and oxygen atoms in total. The fourth-order valence-corrected chi connectivity index (χ4v) is 3.85. The second-order valence-electron chi connectivity index (χ2n) is 5.86. The van der Waals surface area contributed by atoms with E-state index in [0.717, 1.165) is 26.0 Å². The monoisotopic (exact) mass is 530 g/mol. The Morgan fingerprint density at radius 2 is 0.964 bits per heavy atom. The van der Waals surface area contributed by atoms with E-state index >= 15 is 0 Å². The average molecular weight is 532 g/mol. The molecule has 0 aliphatic heterocycles. The Bertz CT molecular complexity index is 898. The maximum absolute atomic E-state index is 13.6. The van der Waals surface area contributed by atoms with Gasteiger partial charge in [0.1, 0.15) is 0 Å². The summed E-state index contributed by atoms with van der Waals surface area (Å²) < 4.78 is 81.3. The van der Waals surface area contributed by atoms with E-state index in [1.165, 1.54) is 0 Å². The van der Waals surface area contributed by atoms with Crippen LogP contribution >= 0.6 is 31.9 Å². The molecule has 0 aromatic heterocycles. The van der Waals surface area contributed by atoms with E-state index in [4.69, 9.17) is 0 Å². The van der Waals surface area contributed by atoms with Gasteiger partial charge in [0.15, 0.2) is 11.6 Å². The summed E-state index contributed by atoms with van der Waals surface area (Å²) in [6.07, 6.45) is -10.0. The van der Waals surface area contributed by atoms with Crippen LogP contribution in [0.1, 0.15) is 45.7 Å².